The van der Waals surface area contributed by atoms with Gasteiger partial charge in [-0.1, -0.05) is 15.9 Å². The van der Waals surface area contributed by atoms with Crippen LogP contribution in [-0.4, -0.2) is 22.3 Å². The molecule has 0 N–H and O–H groups in total. The van der Waals surface area contributed by atoms with Crippen LogP contribution in [0.15, 0.2) is 0 Å². The van der Waals surface area contributed by atoms with E-state index in [1.807, 2.05) is 0 Å². The molecule has 4 heteroatoms. The van der Waals surface area contributed by atoms with Crippen LogP contribution < -0.4 is 0 Å². The summed E-state index contributed by atoms with van der Waals surface area (Å²) in [6.45, 7) is 1.57. The summed E-state index contributed by atoms with van der Waals surface area (Å²) in [7, 11) is 0. The Morgan fingerprint density at radius 3 is 2.20 bits per heavy atom. The molecule has 1 aliphatic rings. The minimum atomic E-state index is -2.25. The molecule has 1 atom stereocenters. The quantitative estimate of drug-likeness (QED) is 0.658. The molecule has 1 saturated heterocycles. The highest BCUT2D eigenvalue weighted by Crippen LogP contribution is 2.42. The molecule has 1 heterocycles. The molecule has 0 aromatic heterocycles. The average molecular weight is 231 g/mol. The van der Waals surface area contributed by atoms with Crippen molar-refractivity contribution in [3.63, 3.8) is 0 Å². The van der Waals surface area contributed by atoms with E-state index in [0.717, 1.165) is 11.5 Å². The average Bonchev–Trinajstić information content (AvgIpc) is 1.57. The van der Waals surface area contributed by atoms with E-state index in [0.29, 0.717) is 0 Å². The maximum atomic E-state index is 12.2. The Labute approximate surface area is 71.9 Å². The van der Waals surface area contributed by atoms with Gasteiger partial charge in [0.25, 0.3) is 6.43 Å². The molecule has 0 spiro atoms. The van der Waals surface area contributed by atoms with Gasteiger partial charge < -0.3 is 0 Å². The largest absolute Gasteiger partial charge is 0.253 e. The highest BCUT2D eigenvalue weighted by atomic mass is 79.9. The lowest BCUT2D eigenvalue weighted by atomic mass is 9.97. The number of hydrogen-bond donors (Lipinski definition) is 0. The number of hydrogen-bond acceptors (Lipinski definition) is 1. The van der Waals surface area contributed by atoms with Crippen molar-refractivity contribution in [3.05, 3.63) is 0 Å². The third kappa shape index (κ3) is 1.47. The van der Waals surface area contributed by atoms with Gasteiger partial charge in [-0.05, 0) is 24.3 Å². The molecule has 0 nitrogen and oxygen atoms in total. The number of thioether (sulfide) groups is 1. The molecule has 0 amide bonds. The molecule has 0 aliphatic carbocycles. The topological polar surface area (TPSA) is 0 Å². The predicted octanol–water partition coefficient (Wildman–Crippen LogP) is 2.77. The summed E-state index contributed by atoms with van der Waals surface area (Å²) in [5.41, 5.74) is 0. The van der Waals surface area contributed by atoms with Crippen LogP contribution in [0, 0.1) is 5.92 Å². The molecule has 0 radical (unpaired) electrons. The molecule has 1 fully saturated rings. The van der Waals surface area contributed by atoms with Gasteiger partial charge in [-0.15, -0.1) is 0 Å². The fraction of sp³-hybridized carbons (Fsp3) is 1.00. The van der Waals surface area contributed by atoms with Gasteiger partial charge in [0, 0.05) is 0 Å². The highest BCUT2D eigenvalue weighted by Gasteiger charge is 2.43. The minimum Gasteiger partial charge on any atom is -0.209 e. The Morgan fingerprint density at radius 2 is 2.10 bits per heavy atom. The summed E-state index contributed by atoms with van der Waals surface area (Å²) in [6.07, 6.45) is -2.25. The van der Waals surface area contributed by atoms with Gasteiger partial charge in [0.2, 0.25) is 0 Å². The van der Waals surface area contributed by atoms with Crippen LogP contribution in [0.3, 0.4) is 0 Å². The van der Waals surface area contributed by atoms with Crippen molar-refractivity contribution < 1.29 is 8.78 Å². The zero-order chi connectivity index (χ0) is 7.78. The first-order chi connectivity index (χ1) is 4.55. The molecule has 60 valence electrons. The molecular weight excluding hydrogens is 222 g/mol. The molecule has 1 aliphatic heterocycles. The Kier molecular flexibility index (Phi) is 2.61. The second-order valence-corrected chi connectivity index (χ2v) is 5.47. The highest BCUT2D eigenvalue weighted by molar-refractivity contribution is 9.10. The summed E-state index contributed by atoms with van der Waals surface area (Å²) in [6, 6.07) is 0. The molecule has 10 heavy (non-hydrogen) atoms. The van der Waals surface area contributed by atoms with Crippen molar-refractivity contribution in [1.29, 1.82) is 0 Å². The number of alkyl halides is 3. The molecule has 1 rings (SSSR count). The maximum Gasteiger partial charge on any atom is 0.253 e. The van der Waals surface area contributed by atoms with E-state index in [-0.39, 0.29) is 5.92 Å². The minimum absolute atomic E-state index is 0.150. The number of rotatable bonds is 2. The third-order valence-corrected chi connectivity index (χ3v) is 4.13. The Hall–Kier alpha value is 0.690. The van der Waals surface area contributed by atoms with Crippen LogP contribution in [-0.2, 0) is 0 Å². The van der Waals surface area contributed by atoms with Crippen LogP contribution in [0.25, 0.3) is 0 Å². The van der Waals surface area contributed by atoms with E-state index in [9.17, 15) is 8.78 Å². The molecule has 0 bridgehead atoms. The van der Waals surface area contributed by atoms with Crippen LogP contribution in [0.1, 0.15) is 6.92 Å². The Morgan fingerprint density at radius 1 is 1.60 bits per heavy atom. The van der Waals surface area contributed by atoms with Crippen molar-refractivity contribution >= 4 is 27.7 Å². The fourth-order valence-corrected chi connectivity index (χ4v) is 2.66. The standard InChI is InChI=1S/C6H9BrF2S/c1-6(7,5(8)9)4-2-10-3-4/h4-5H,2-3H2,1H3. The zero-order valence-corrected chi connectivity index (χ0v) is 8.01. The van der Waals surface area contributed by atoms with E-state index < -0.39 is 10.7 Å². The summed E-state index contributed by atoms with van der Waals surface area (Å²) in [4.78, 5) is 0. The Balaban J connectivity index is 2.48. The van der Waals surface area contributed by atoms with Crippen molar-refractivity contribution in [1.82, 2.24) is 0 Å². The molecule has 0 saturated carbocycles. The van der Waals surface area contributed by atoms with Crippen molar-refractivity contribution in [3.8, 4) is 0 Å². The fourth-order valence-electron chi connectivity index (χ4n) is 0.740. The SMILES string of the molecule is CC(Br)(C(F)F)C1CSC1. The first-order valence-electron chi connectivity index (χ1n) is 3.10. The van der Waals surface area contributed by atoms with Gasteiger partial charge in [0.15, 0.2) is 0 Å². The zero-order valence-electron chi connectivity index (χ0n) is 5.61. The molecule has 0 aromatic carbocycles. The van der Waals surface area contributed by atoms with Crippen LogP contribution in [0.4, 0.5) is 8.78 Å². The normalized spacial score (nSPS) is 26.1. The summed E-state index contributed by atoms with van der Waals surface area (Å²) in [5.74, 6) is 1.88. The first kappa shape index (κ1) is 8.78. The summed E-state index contributed by atoms with van der Waals surface area (Å²) < 4.78 is 23.5. The van der Waals surface area contributed by atoms with E-state index in [2.05, 4.69) is 15.9 Å². The summed E-state index contributed by atoms with van der Waals surface area (Å²) in [5, 5.41) is 0. The summed E-state index contributed by atoms with van der Waals surface area (Å²) >= 11 is 4.79. The molecule has 0 aromatic rings. The van der Waals surface area contributed by atoms with Gasteiger partial charge >= 0.3 is 0 Å². The van der Waals surface area contributed by atoms with Crippen molar-refractivity contribution in [2.24, 2.45) is 5.92 Å². The van der Waals surface area contributed by atoms with E-state index >= 15 is 0 Å². The first-order valence-corrected chi connectivity index (χ1v) is 5.04. The smallest absolute Gasteiger partial charge is 0.209 e. The maximum absolute atomic E-state index is 12.2. The van der Waals surface area contributed by atoms with Crippen LogP contribution in [0.2, 0.25) is 0 Å². The monoisotopic (exact) mass is 230 g/mol. The van der Waals surface area contributed by atoms with Gasteiger partial charge in [0.1, 0.15) is 0 Å². The van der Waals surface area contributed by atoms with Crippen molar-refractivity contribution in [2.75, 3.05) is 11.5 Å². The van der Waals surface area contributed by atoms with Gasteiger partial charge in [-0.3, -0.25) is 0 Å². The second kappa shape index (κ2) is 2.97. The van der Waals surface area contributed by atoms with Crippen LogP contribution >= 0.6 is 27.7 Å². The third-order valence-electron chi connectivity index (χ3n) is 1.86. The van der Waals surface area contributed by atoms with Gasteiger partial charge in [-0.2, -0.15) is 11.8 Å². The molecule has 1 unspecified atom stereocenters. The van der Waals surface area contributed by atoms with Gasteiger partial charge in [0.05, 0.1) is 4.32 Å². The Bertz CT molecular complexity index is 123. The second-order valence-electron chi connectivity index (χ2n) is 2.69. The lowest BCUT2D eigenvalue weighted by Crippen LogP contribution is -2.42. The van der Waals surface area contributed by atoms with E-state index in [1.54, 1.807) is 18.7 Å². The lowest BCUT2D eigenvalue weighted by molar-refractivity contribution is 0.0877. The van der Waals surface area contributed by atoms with E-state index in [4.69, 9.17) is 0 Å². The number of halogens is 3. The predicted molar refractivity (Wildman–Crippen MR) is 44.2 cm³/mol. The lowest BCUT2D eigenvalue weighted by Gasteiger charge is -2.37. The van der Waals surface area contributed by atoms with E-state index in [1.165, 1.54) is 0 Å². The van der Waals surface area contributed by atoms with Crippen LogP contribution in [0.5, 0.6) is 0 Å². The van der Waals surface area contributed by atoms with Gasteiger partial charge in [-0.25, -0.2) is 8.78 Å². The van der Waals surface area contributed by atoms with Crippen molar-refractivity contribution in [2.45, 2.75) is 17.7 Å². The molecular formula is C6H9BrF2S.